The van der Waals surface area contributed by atoms with Gasteiger partial charge in [0, 0.05) is 24.3 Å². The van der Waals surface area contributed by atoms with Gasteiger partial charge < -0.3 is 9.80 Å². The van der Waals surface area contributed by atoms with Gasteiger partial charge in [0.05, 0.1) is 5.54 Å². The average molecular weight is 347 g/mol. The number of carbonyl (C=O) groups is 1. The highest BCUT2D eigenvalue weighted by Crippen LogP contribution is 2.31. The Hall–Kier alpha value is -1.36. The van der Waals surface area contributed by atoms with Crippen molar-refractivity contribution in [1.82, 2.24) is 19.6 Å². The van der Waals surface area contributed by atoms with Crippen molar-refractivity contribution in [3.8, 4) is 0 Å². The fourth-order valence-electron chi connectivity index (χ4n) is 4.46. The van der Waals surface area contributed by atoms with Gasteiger partial charge in [0.1, 0.15) is 0 Å². The van der Waals surface area contributed by atoms with Crippen LogP contribution in [-0.4, -0.2) is 57.7 Å². The van der Waals surface area contributed by atoms with Gasteiger partial charge in [-0.15, -0.1) is 0 Å². The highest BCUT2D eigenvalue weighted by atomic mass is 16.2. The largest absolute Gasteiger partial charge is 0.333 e. The SMILES string of the molecule is CC(C)c1cc(C(=O)N2CCCC2C2CCCN2C)nn1C(C)(C)C. The Morgan fingerprint density at radius 1 is 1.16 bits per heavy atom. The summed E-state index contributed by atoms with van der Waals surface area (Å²) in [4.78, 5) is 17.8. The van der Waals surface area contributed by atoms with Crippen molar-refractivity contribution in [3.63, 3.8) is 0 Å². The molecule has 3 rings (SSSR count). The van der Waals surface area contributed by atoms with Gasteiger partial charge in [-0.05, 0) is 72.0 Å². The maximum atomic E-state index is 13.3. The first-order valence-corrected chi connectivity index (χ1v) is 9.82. The van der Waals surface area contributed by atoms with Crippen LogP contribution in [0, 0.1) is 0 Å². The Labute approximate surface area is 152 Å². The molecule has 5 heteroatoms. The molecular formula is C20H34N4O. The normalized spacial score (nSPS) is 25.3. The number of likely N-dealkylation sites (N-methyl/N-ethyl adjacent to an activating group) is 1. The predicted molar refractivity (Wildman–Crippen MR) is 101 cm³/mol. The smallest absolute Gasteiger partial charge is 0.274 e. The average Bonchev–Trinajstić information content (AvgIpc) is 3.23. The molecule has 0 bridgehead atoms. The van der Waals surface area contributed by atoms with Gasteiger partial charge in [0.2, 0.25) is 0 Å². The molecule has 0 aromatic carbocycles. The third kappa shape index (κ3) is 3.48. The van der Waals surface area contributed by atoms with E-state index in [1.165, 1.54) is 12.8 Å². The van der Waals surface area contributed by atoms with Gasteiger partial charge in [-0.25, -0.2) is 0 Å². The molecular weight excluding hydrogens is 312 g/mol. The highest BCUT2D eigenvalue weighted by Gasteiger charge is 2.39. The van der Waals surface area contributed by atoms with E-state index < -0.39 is 0 Å². The molecule has 140 valence electrons. The van der Waals surface area contributed by atoms with Gasteiger partial charge in [-0.1, -0.05) is 13.8 Å². The standard InChI is InChI=1S/C20H34N4O/c1-14(2)18-13-15(21-24(18)20(3,4)5)19(25)23-12-8-10-17(23)16-9-7-11-22(16)6/h13-14,16-17H,7-12H2,1-6H3. The minimum atomic E-state index is -0.117. The van der Waals surface area contributed by atoms with Crippen LogP contribution < -0.4 is 0 Å². The summed E-state index contributed by atoms with van der Waals surface area (Å²) < 4.78 is 2.04. The van der Waals surface area contributed by atoms with Gasteiger partial charge in [-0.2, -0.15) is 5.10 Å². The Balaban J connectivity index is 1.87. The summed E-state index contributed by atoms with van der Waals surface area (Å²) in [7, 11) is 2.20. The summed E-state index contributed by atoms with van der Waals surface area (Å²) in [5.74, 6) is 0.469. The second-order valence-electron chi connectivity index (χ2n) is 9.09. The molecule has 2 atom stereocenters. The first-order chi connectivity index (χ1) is 11.7. The third-order valence-corrected chi connectivity index (χ3v) is 5.76. The monoisotopic (exact) mass is 346 g/mol. The minimum absolute atomic E-state index is 0.117. The zero-order chi connectivity index (χ0) is 18.4. The highest BCUT2D eigenvalue weighted by molar-refractivity contribution is 5.93. The lowest BCUT2D eigenvalue weighted by Crippen LogP contribution is -2.47. The molecule has 2 unspecified atom stereocenters. The quantitative estimate of drug-likeness (QED) is 0.842. The molecule has 0 aliphatic carbocycles. The lowest BCUT2D eigenvalue weighted by Gasteiger charge is -2.32. The topological polar surface area (TPSA) is 41.4 Å². The number of amides is 1. The van der Waals surface area contributed by atoms with Crippen molar-refractivity contribution in [2.75, 3.05) is 20.1 Å². The second kappa shape index (κ2) is 6.75. The molecule has 2 fully saturated rings. The number of hydrogen-bond donors (Lipinski definition) is 0. The Morgan fingerprint density at radius 2 is 1.80 bits per heavy atom. The van der Waals surface area contributed by atoms with E-state index in [1.54, 1.807) is 0 Å². The lowest BCUT2D eigenvalue weighted by atomic mass is 10.0. The van der Waals surface area contributed by atoms with Gasteiger partial charge in [0.15, 0.2) is 5.69 Å². The molecule has 0 spiro atoms. The van der Waals surface area contributed by atoms with Crippen molar-refractivity contribution < 1.29 is 4.79 Å². The van der Waals surface area contributed by atoms with Crippen LogP contribution in [0.4, 0.5) is 0 Å². The van der Waals surface area contributed by atoms with E-state index >= 15 is 0 Å². The molecule has 5 nitrogen and oxygen atoms in total. The number of hydrogen-bond acceptors (Lipinski definition) is 3. The number of rotatable bonds is 3. The van der Waals surface area contributed by atoms with Crippen molar-refractivity contribution in [2.45, 2.75) is 83.8 Å². The zero-order valence-electron chi connectivity index (χ0n) is 16.7. The van der Waals surface area contributed by atoms with Crippen LogP contribution in [0.15, 0.2) is 6.07 Å². The predicted octanol–water partition coefficient (Wildman–Crippen LogP) is 3.46. The van der Waals surface area contributed by atoms with E-state index in [1.807, 2.05) is 10.7 Å². The van der Waals surface area contributed by atoms with Gasteiger partial charge >= 0.3 is 0 Å². The van der Waals surface area contributed by atoms with Gasteiger partial charge in [-0.3, -0.25) is 9.48 Å². The molecule has 2 saturated heterocycles. The van der Waals surface area contributed by atoms with E-state index in [2.05, 4.69) is 51.5 Å². The minimum Gasteiger partial charge on any atom is -0.333 e. The molecule has 1 amide bonds. The molecule has 0 radical (unpaired) electrons. The fourth-order valence-corrected chi connectivity index (χ4v) is 4.46. The van der Waals surface area contributed by atoms with Crippen molar-refractivity contribution in [2.24, 2.45) is 0 Å². The van der Waals surface area contributed by atoms with Crippen LogP contribution >= 0.6 is 0 Å². The summed E-state index contributed by atoms with van der Waals surface area (Å²) >= 11 is 0. The lowest BCUT2D eigenvalue weighted by molar-refractivity contribution is 0.0657. The number of carbonyl (C=O) groups excluding carboxylic acids is 1. The van der Waals surface area contributed by atoms with E-state index in [9.17, 15) is 4.79 Å². The summed E-state index contributed by atoms with van der Waals surface area (Å²) in [6.45, 7) is 12.8. The van der Waals surface area contributed by atoms with Crippen LogP contribution in [0.2, 0.25) is 0 Å². The van der Waals surface area contributed by atoms with Crippen molar-refractivity contribution >= 4 is 5.91 Å². The maximum Gasteiger partial charge on any atom is 0.274 e. The van der Waals surface area contributed by atoms with Crippen LogP contribution in [0.3, 0.4) is 0 Å². The van der Waals surface area contributed by atoms with Crippen molar-refractivity contribution in [1.29, 1.82) is 0 Å². The number of likely N-dealkylation sites (tertiary alicyclic amines) is 2. The number of nitrogens with zero attached hydrogens (tertiary/aromatic N) is 4. The second-order valence-corrected chi connectivity index (χ2v) is 9.09. The van der Waals surface area contributed by atoms with Crippen molar-refractivity contribution in [3.05, 3.63) is 17.5 Å². The van der Waals surface area contributed by atoms with Gasteiger partial charge in [0.25, 0.3) is 5.91 Å². The molecule has 0 saturated carbocycles. The third-order valence-electron chi connectivity index (χ3n) is 5.76. The zero-order valence-corrected chi connectivity index (χ0v) is 16.7. The van der Waals surface area contributed by atoms with Crippen LogP contribution in [0.5, 0.6) is 0 Å². The van der Waals surface area contributed by atoms with E-state index in [0.29, 0.717) is 23.7 Å². The molecule has 3 heterocycles. The first kappa shape index (κ1) is 18.4. The summed E-state index contributed by atoms with van der Waals surface area (Å²) in [5.41, 5.74) is 1.64. The summed E-state index contributed by atoms with van der Waals surface area (Å²) in [6, 6.07) is 2.88. The van der Waals surface area contributed by atoms with Crippen LogP contribution in [0.25, 0.3) is 0 Å². The van der Waals surface area contributed by atoms with E-state index in [0.717, 1.165) is 31.6 Å². The van der Waals surface area contributed by atoms with E-state index in [-0.39, 0.29) is 11.4 Å². The van der Waals surface area contributed by atoms with Crippen LogP contribution in [0.1, 0.15) is 82.4 Å². The molecule has 2 aliphatic heterocycles. The molecule has 1 aromatic heterocycles. The summed E-state index contributed by atoms with van der Waals surface area (Å²) in [5, 5.41) is 4.74. The maximum absolute atomic E-state index is 13.3. The summed E-state index contributed by atoms with van der Waals surface area (Å²) in [6.07, 6.45) is 4.68. The molecule has 1 aromatic rings. The Kier molecular flexibility index (Phi) is 4.97. The molecule has 25 heavy (non-hydrogen) atoms. The number of aromatic nitrogens is 2. The van der Waals surface area contributed by atoms with Crippen LogP contribution in [-0.2, 0) is 5.54 Å². The molecule has 2 aliphatic rings. The fraction of sp³-hybridized carbons (Fsp3) is 0.800. The Bertz CT molecular complexity index is 628. The first-order valence-electron chi connectivity index (χ1n) is 9.82. The Morgan fingerprint density at radius 3 is 2.32 bits per heavy atom. The molecule has 0 N–H and O–H groups in total. The van der Waals surface area contributed by atoms with E-state index in [4.69, 9.17) is 5.10 Å².